The van der Waals surface area contributed by atoms with Crippen molar-refractivity contribution in [3.8, 4) is 0 Å². The van der Waals surface area contributed by atoms with E-state index in [0.29, 0.717) is 40.2 Å². The lowest BCUT2D eigenvalue weighted by molar-refractivity contribution is 0.0950. The lowest BCUT2D eigenvalue weighted by Crippen LogP contribution is -2.23. The standard InChI is InChI=1S/C21H17Cl2N5O/c22-17-7-6-14(10-18(17)23)11-24-19-8-9-20-25-12-16(28(20)27-19)13-26-21(29)15-4-2-1-3-5-15/h1-10,12H,11,13H2,(H,24,27)(H,26,29). The van der Waals surface area contributed by atoms with Gasteiger partial charge >= 0.3 is 0 Å². The molecule has 2 aromatic heterocycles. The highest BCUT2D eigenvalue weighted by molar-refractivity contribution is 6.42. The first-order valence-electron chi connectivity index (χ1n) is 8.95. The first-order valence-corrected chi connectivity index (χ1v) is 9.70. The van der Waals surface area contributed by atoms with Crippen molar-refractivity contribution in [1.82, 2.24) is 19.9 Å². The number of benzene rings is 2. The van der Waals surface area contributed by atoms with Gasteiger partial charge in [-0.25, -0.2) is 9.50 Å². The highest BCUT2D eigenvalue weighted by Crippen LogP contribution is 2.23. The van der Waals surface area contributed by atoms with Gasteiger partial charge in [-0.05, 0) is 42.0 Å². The number of fused-ring (bicyclic) bond motifs is 1. The minimum absolute atomic E-state index is 0.144. The number of halogens is 2. The van der Waals surface area contributed by atoms with Crippen LogP contribution < -0.4 is 10.6 Å². The molecule has 2 N–H and O–H groups in total. The Morgan fingerprint density at radius 2 is 1.79 bits per heavy atom. The summed E-state index contributed by atoms with van der Waals surface area (Å²) >= 11 is 12.0. The van der Waals surface area contributed by atoms with Crippen molar-refractivity contribution in [2.75, 3.05) is 5.32 Å². The van der Waals surface area contributed by atoms with E-state index in [4.69, 9.17) is 23.2 Å². The average Bonchev–Trinajstić information content (AvgIpc) is 3.15. The second kappa shape index (κ2) is 8.51. The van der Waals surface area contributed by atoms with Crippen molar-refractivity contribution in [1.29, 1.82) is 0 Å². The van der Waals surface area contributed by atoms with Crippen molar-refractivity contribution in [3.05, 3.63) is 93.7 Å². The monoisotopic (exact) mass is 425 g/mol. The van der Waals surface area contributed by atoms with Gasteiger partial charge in [-0.2, -0.15) is 0 Å². The number of hydrogen-bond acceptors (Lipinski definition) is 4. The minimum atomic E-state index is -0.144. The number of carbonyl (C=O) groups is 1. The van der Waals surface area contributed by atoms with Crippen LogP contribution in [0.15, 0.2) is 66.9 Å². The summed E-state index contributed by atoms with van der Waals surface area (Å²) in [5.41, 5.74) is 3.08. The minimum Gasteiger partial charge on any atom is -0.365 e. The zero-order valence-electron chi connectivity index (χ0n) is 15.3. The summed E-state index contributed by atoms with van der Waals surface area (Å²) in [4.78, 5) is 16.6. The van der Waals surface area contributed by atoms with Crippen LogP contribution in [0.25, 0.3) is 5.65 Å². The fourth-order valence-corrected chi connectivity index (χ4v) is 3.16. The lowest BCUT2D eigenvalue weighted by atomic mass is 10.2. The number of carbonyl (C=O) groups excluding carboxylic acids is 1. The Kier molecular flexibility index (Phi) is 5.64. The summed E-state index contributed by atoms with van der Waals surface area (Å²) in [7, 11) is 0. The van der Waals surface area contributed by atoms with Crippen molar-refractivity contribution >= 4 is 40.6 Å². The van der Waals surface area contributed by atoms with Crippen molar-refractivity contribution in [2.45, 2.75) is 13.1 Å². The Hall–Kier alpha value is -3.09. The molecule has 0 spiro atoms. The van der Waals surface area contributed by atoms with Gasteiger partial charge in [-0.15, -0.1) is 5.10 Å². The van der Waals surface area contributed by atoms with Gasteiger partial charge < -0.3 is 10.6 Å². The van der Waals surface area contributed by atoms with E-state index in [2.05, 4.69) is 20.7 Å². The van der Waals surface area contributed by atoms with Crippen molar-refractivity contribution in [2.24, 2.45) is 0 Å². The summed E-state index contributed by atoms with van der Waals surface area (Å²) in [5, 5.41) is 11.8. The average molecular weight is 426 g/mol. The Labute approximate surface area is 177 Å². The zero-order chi connectivity index (χ0) is 20.2. The number of hydrogen-bond donors (Lipinski definition) is 2. The molecule has 2 heterocycles. The van der Waals surface area contributed by atoms with E-state index in [9.17, 15) is 4.79 Å². The maximum absolute atomic E-state index is 12.3. The van der Waals surface area contributed by atoms with Gasteiger partial charge in [0.25, 0.3) is 5.91 Å². The Bertz CT molecular complexity index is 1160. The van der Waals surface area contributed by atoms with E-state index < -0.39 is 0 Å². The van der Waals surface area contributed by atoms with Crippen molar-refractivity contribution < 1.29 is 4.79 Å². The summed E-state index contributed by atoms with van der Waals surface area (Å²) in [6.07, 6.45) is 1.70. The maximum atomic E-state index is 12.3. The van der Waals surface area contributed by atoms with Crippen LogP contribution in [0.2, 0.25) is 10.0 Å². The number of imidazole rings is 1. The van der Waals surface area contributed by atoms with Crippen LogP contribution in [0.1, 0.15) is 21.6 Å². The summed E-state index contributed by atoms with van der Waals surface area (Å²) in [5.74, 6) is 0.534. The second-order valence-corrected chi connectivity index (χ2v) is 7.20. The molecule has 0 bridgehead atoms. The first-order chi connectivity index (χ1) is 14.1. The number of aromatic nitrogens is 3. The smallest absolute Gasteiger partial charge is 0.251 e. The molecule has 1 amide bonds. The van der Waals surface area contributed by atoms with Crippen LogP contribution in [0.3, 0.4) is 0 Å². The Morgan fingerprint density at radius 3 is 2.59 bits per heavy atom. The normalized spacial score (nSPS) is 10.8. The van der Waals surface area contributed by atoms with Crippen LogP contribution in [0.4, 0.5) is 5.82 Å². The number of nitrogens with zero attached hydrogens (tertiary/aromatic N) is 3. The third-order valence-corrected chi connectivity index (χ3v) is 5.10. The van der Waals surface area contributed by atoms with Crippen LogP contribution in [-0.2, 0) is 13.1 Å². The molecule has 0 fully saturated rings. The fourth-order valence-electron chi connectivity index (χ4n) is 2.84. The topological polar surface area (TPSA) is 71.3 Å². The molecule has 8 heteroatoms. The predicted molar refractivity (Wildman–Crippen MR) is 114 cm³/mol. The molecule has 0 atom stereocenters. The molecule has 0 aliphatic carbocycles. The molecule has 29 heavy (non-hydrogen) atoms. The lowest BCUT2D eigenvalue weighted by Gasteiger charge is -2.08. The van der Waals surface area contributed by atoms with Crippen molar-refractivity contribution in [3.63, 3.8) is 0 Å². The van der Waals surface area contributed by atoms with E-state index in [1.54, 1.807) is 28.9 Å². The van der Waals surface area contributed by atoms with E-state index >= 15 is 0 Å². The Morgan fingerprint density at radius 1 is 0.966 bits per heavy atom. The molecule has 4 rings (SSSR count). The van der Waals surface area contributed by atoms with E-state index in [0.717, 1.165) is 11.3 Å². The molecule has 0 saturated carbocycles. The molecular weight excluding hydrogens is 409 g/mol. The zero-order valence-corrected chi connectivity index (χ0v) is 16.8. The second-order valence-electron chi connectivity index (χ2n) is 6.39. The highest BCUT2D eigenvalue weighted by atomic mass is 35.5. The molecule has 0 radical (unpaired) electrons. The van der Waals surface area contributed by atoms with Gasteiger partial charge in [0.15, 0.2) is 5.65 Å². The van der Waals surface area contributed by atoms with E-state index in [1.165, 1.54) is 0 Å². The van der Waals surface area contributed by atoms with Gasteiger partial charge in [0.2, 0.25) is 0 Å². The maximum Gasteiger partial charge on any atom is 0.251 e. The van der Waals surface area contributed by atoms with Crippen LogP contribution in [0.5, 0.6) is 0 Å². The fraction of sp³-hybridized carbons (Fsp3) is 0.0952. The number of amides is 1. The molecule has 2 aromatic carbocycles. The first kappa shape index (κ1) is 19.2. The molecule has 0 saturated heterocycles. The SMILES string of the molecule is O=C(NCc1cnc2ccc(NCc3ccc(Cl)c(Cl)c3)nn12)c1ccccc1. The van der Waals surface area contributed by atoms with Gasteiger partial charge in [-0.3, -0.25) is 4.79 Å². The quantitative estimate of drug-likeness (QED) is 0.474. The molecule has 0 unspecified atom stereocenters. The largest absolute Gasteiger partial charge is 0.365 e. The highest BCUT2D eigenvalue weighted by Gasteiger charge is 2.09. The van der Waals surface area contributed by atoms with Crippen LogP contribution in [-0.4, -0.2) is 20.5 Å². The predicted octanol–water partition coefficient (Wildman–Crippen LogP) is 4.58. The molecule has 4 aromatic rings. The number of nitrogens with one attached hydrogen (secondary N) is 2. The summed E-state index contributed by atoms with van der Waals surface area (Å²) in [6.45, 7) is 0.863. The van der Waals surface area contributed by atoms with Crippen LogP contribution >= 0.6 is 23.2 Å². The molecule has 146 valence electrons. The van der Waals surface area contributed by atoms with Gasteiger partial charge in [-0.1, -0.05) is 47.5 Å². The number of rotatable bonds is 6. The number of anilines is 1. The van der Waals surface area contributed by atoms with Gasteiger partial charge in [0.1, 0.15) is 5.82 Å². The molecule has 0 aliphatic heterocycles. The molecular formula is C21H17Cl2N5O. The Balaban J connectivity index is 1.45. The third-order valence-electron chi connectivity index (χ3n) is 4.36. The third kappa shape index (κ3) is 4.50. The summed E-state index contributed by atoms with van der Waals surface area (Å²) < 4.78 is 1.71. The van der Waals surface area contributed by atoms with E-state index in [-0.39, 0.29) is 5.91 Å². The summed E-state index contributed by atoms with van der Waals surface area (Å²) in [6, 6.07) is 18.3. The molecule has 6 nitrogen and oxygen atoms in total. The van der Waals surface area contributed by atoms with E-state index in [1.807, 2.05) is 42.5 Å². The van der Waals surface area contributed by atoms with Gasteiger partial charge in [0, 0.05) is 12.1 Å². The van der Waals surface area contributed by atoms with Gasteiger partial charge in [0.05, 0.1) is 28.5 Å². The molecule has 0 aliphatic rings. The van der Waals surface area contributed by atoms with Crippen LogP contribution in [0, 0.1) is 0 Å².